The summed E-state index contributed by atoms with van der Waals surface area (Å²) >= 11 is 0. The van der Waals surface area contributed by atoms with E-state index in [9.17, 15) is 14.4 Å². The third-order valence-electron chi connectivity index (χ3n) is 4.80. The van der Waals surface area contributed by atoms with Gasteiger partial charge in [-0.2, -0.15) is 0 Å². The summed E-state index contributed by atoms with van der Waals surface area (Å²) in [6.07, 6.45) is 0.794. The van der Waals surface area contributed by atoms with E-state index in [4.69, 9.17) is 13.6 Å². The number of fused-ring (bicyclic) bond motifs is 2. The summed E-state index contributed by atoms with van der Waals surface area (Å²) in [5.41, 5.74) is 0.918. The van der Waals surface area contributed by atoms with E-state index in [-0.39, 0.29) is 11.1 Å². The molecule has 32 heavy (non-hydrogen) atoms. The zero-order chi connectivity index (χ0) is 22.5. The predicted molar refractivity (Wildman–Crippen MR) is 122 cm³/mol. The first kappa shape index (κ1) is 20.8. The highest BCUT2D eigenvalue weighted by molar-refractivity contribution is 5.85. The number of hydrogen-bond acceptors (Lipinski definition) is 6. The molecule has 0 bridgehead atoms. The molecule has 158 valence electrons. The molecule has 0 aliphatic rings. The van der Waals surface area contributed by atoms with Crippen molar-refractivity contribution in [3.63, 3.8) is 0 Å². The molecule has 0 fully saturated rings. The van der Waals surface area contributed by atoms with E-state index in [0.717, 1.165) is 17.1 Å². The fraction of sp³-hybridized carbons (Fsp3) is 0.0385. The Bertz CT molecular complexity index is 1440. The first-order valence-electron chi connectivity index (χ1n) is 9.74. The van der Waals surface area contributed by atoms with Crippen molar-refractivity contribution in [3.8, 4) is 16.9 Å². The van der Waals surface area contributed by atoms with Gasteiger partial charge in [-0.3, -0.25) is 4.79 Å². The van der Waals surface area contributed by atoms with Gasteiger partial charge in [-0.05, 0) is 36.4 Å². The molecule has 6 nitrogen and oxygen atoms in total. The molecule has 5 rings (SSSR count). The Kier molecular flexibility index (Phi) is 5.94. The maximum Gasteiger partial charge on any atom is 0.344 e. The number of para-hydroxylation sites is 2. The van der Waals surface area contributed by atoms with Crippen LogP contribution in [0.4, 0.5) is 0 Å². The number of methoxy groups -OCH3 is 1. The van der Waals surface area contributed by atoms with E-state index in [1.165, 1.54) is 0 Å². The SMILES string of the molecule is COc1cccc(C=O)c1.O=c1oc2ccccc2cc1-c1cc2ccccc2oc1=O. The second kappa shape index (κ2) is 9.14. The van der Waals surface area contributed by atoms with E-state index in [2.05, 4.69) is 0 Å². The smallest absolute Gasteiger partial charge is 0.344 e. The second-order valence-electron chi connectivity index (χ2n) is 6.87. The minimum atomic E-state index is -0.554. The van der Waals surface area contributed by atoms with Crippen molar-refractivity contribution in [1.82, 2.24) is 0 Å². The van der Waals surface area contributed by atoms with Crippen LogP contribution in [0.15, 0.2) is 103 Å². The van der Waals surface area contributed by atoms with E-state index < -0.39 is 11.3 Å². The molecule has 0 radical (unpaired) electrons. The lowest BCUT2D eigenvalue weighted by Gasteiger charge is -2.03. The van der Waals surface area contributed by atoms with Gasteiger partial charge in [-0.25, -0.2) is 9.59 Å². The minimum absolute atomic E-state index is 0.207. The molecule has 0 saturated carbocycles. The Morgan fingerprint density at radius 3 is 1.72 bits per heavy atom. The molecule has 6 heteroatoms. The molecule has 0 unspecified atom stereocenters. The predicted octanol–water partition coefficient (Wildman–Crippen LogP) is 5.07. The highest BCUT2D eigenvalue weighted by Gasteiger charge is 2.13. The van der Waals surface area contributed by atoms with Crippen LogP contribution in [-0.2, 0) is 0 Å². The van der Waals surface area contributed by atoms with Gasteiger partial charge in [0.05, 0.1) is 18.2 Å². The summed E-state index contributed by atoms with van der Waals surface area (Å²) in [6, 6.07) is 24.6. The van der Waals surface area contributed by atoms with Gasteiger partial charge < -0.3 is 13.6 Å². The maximum absolute atomic E-state index is 12.2. The van der Waals surface area contributed by atoms with Crippen molar-refractivity contribution in [2.75, 3.05) is 7.11 Å². The normalized spacial score (nSPS) is 10.4. The minimum Gasteiger partial charge on any atom is -0.497 e. The Morgan fingerprint density at radius 2 is 1.22 bits per heavy atom. The lowest BCUT2D eigenvalue weighted by atomic mass is 10.1. The van der Waals surface area contributed by atoms with E-state index in [0.29, 0.717) is 22.5 Å². The van der Waals surface area contributed by atoms with Crippen LogP contribution in [0.5, 0.6) is 5.75 Å². The van der Waals surface area contributed by atoms with Crippen LogP contribution in [0.1, 0.15) is 10.4 Å². The quantitative estimate of drug-likeness (QED) is 0.296. The zero-order valence-electron chi connectivity index (χ0n) is 17.1. The number of carbonyl (C=O) groups excluding carboxylic acids is 1. The molecule has 0 aliphatic carbocycles. The van der Waals surface area contributed by atoms with Crippen molar-refractivity contribution in [3.05, 3.63) is 111 Å². The van der Waals surface area contributed by atoms with Gasteiger partial charge in [0.2, 0.25) is 0 Å². The molecule has 2 aromatic heterocycles. The number of benzene rings is 3. The summed E-state index contributed by atoms with van der Waals surface area (Å²) in [5, 5.41) is 1.51. The van der Waals surface area contributed by atoms with Crippen LogP contribution in [0.25, 0.3) is 33.1 Å². The number of carbonyl (C=O) groups is 1. The van der Waals surface area contributed by atoms with Crippen molar-refractivity contribution in [1.29, 1.82) is 0 Å². The Hall–Kier alpha value is -4.45. The maximum atomic E-state index is 12.2. The van der Waals surface area contributed by atoms with Crippen LogP contribution in [0.3, 0.4) is 0 Å². The van der Waals surface area contributed by atoms with Gasteiger partial charge >= 0.3 is 11.3 Å². The monoisotopic (exact) mass is 426 g/mol. The largest absolute Gasteiger partial charge is 0.497 e. The average molecular weight is 426 g/mol. The number of aldehydes is 1. The summed E-state index contributed by atoms with van der Waals surface area (Å²) < 4.78 is 15.5. The second-order valence-corrected chi connectivity index (χ2v) is 6.87. The molecular formula is C26H18O6. The highest BCUT2D eigenvalue weighted by atomic mass is 16.5. The van der Waals surface area contributed by atoms with Crippen LogP contribution in [-0.4, -0.2) is 13.4 Å². The molecule has 2 heterocycles. The van der Waals surface area contributed by atoms with Gasteiger partial charge in [0, 0.05) is 16.3 Å². The van der Waals surface area contributed by atoms with E-state index in [1.54, 1.807) is 67.8 Å². The lowest BCUT2D eigenvalue weighted by Crippen LogP contribution is -2.10. The lowest BCUT2D eigenvalue weighted by molar-refractivity contribution is 0.112. The Morgan fingerprint density at radius 1 is 0.688 bits per heavy atom. The molecule has 3 aromatic carbocycles. The molecular weight excluding hydrogens is 408 g/mol. The van der Waals surface area contributed by atoms with Crippen molar-refractivity contribution in [2.45, 2.75) is 0 Å². The molecule has 5 aromatic rings. The van der Waals surface area contributed by atoms with Gasteiger partial charge in [0.15, 0.2) is 0 Å². The Labute approximate surface area is 182 Å². The average Bonchev–Trinajstić information content (AvgIpc) is 2.83. The van der Waals surface area contributed by atoms with Crippen LogP contribution < -0.4 is 16.0 Å². The van der Waals surface area contributed by atoms with Crippen molar-refractivity contribution in [2.24, 2.45) is 0 Å². The van der Waals surface area contributed by atoms with E-state index >= 15 is 0 Å². The highest BCUT2D eigenvalue weighted by Crippen LogP contribution is 2.22. The summed E-state index contributed by atoms with van der Waals surface area (Å²) in [7, 11) is 1.57. The summed E-state index contributed by atoms with van der Waals surface area (Å²) in [6.45, 7) is 0. The van der Waals surface area contributed by atoms with Gasteiger partial charge in [-0.15, -0.1) is 0 Å². The Balaban J connectivity index is 0.000000207. The zero-order valence-corrected chi connectivity index (χ0v) is 17.1. The van der Waals surface area contributed by atoms with Crippen LogP contribution in [0.2, 0.25) is 0 Å². The van der Waals surface area contributed by atoms with Crippen molar-refractivity contribution >= 4 is 28.2 Å². The van der Waals surface area contributed by atoms with Gasteiger partial charge in [-0.1, -0.05) is 48.5 Å². The topological polar surface area (TPSA) is 86.7 Å². The standard InChI is InChI=1S/C18H10O4.C8H8O2/c19-17-13(9-11-5-1-3-7-15(11)21-17)14-10-12-6-2-4-8-16(12)22-18(14)20;1-10-8-4-2-3-7(5-8)6-9/h1-10H;2-6H,1H3. The van der Waals surface area contributed by atoms with E-state index in [1.807, 2.05) is 24.3 Å². The van der Waals surface area contributed by atoms with Crippen LogP contribution >= 0.6 is 0 Å². The number of ether oxygens (including phenoxy) is 1. The molecule has 0 spiro atoms. The molecule has 0 atom stereocenters. The number of hydrogen-bond donors (Lipinski definition) is 0. The molecule has 0 saturated heterocycles. The third-order valence-corrected chi connectivity index (χ3v) is 4.80. The summed E-state index contributed by atoms with van der Waals surface area (Å²) in [4.78, 5) is 34.6. The van der Waals surface area contributed by atoms with Crippen LogP contribution in [0, 0.1) is 0 Å². The molecule has 0 amide bonds. The van der Waals surface area contributed by atoms with Gasteiger partial charge in [0.1, 0.15) is 23.2 Å². The number of rotatable bonds is 3. The molecule has 0 N–H and O–H groups in total. The first-order chi connectivity index (χ1) is 15.6. The third kappa shape index (κ3) is 4.34. The fourth-order valence-corrected chi connectivity index (χ4v) is 3.21. The van der Waals surface area contributed by atoms with Crippen molar-refractivity contribution < 1.29 is 18.4 Å². The summed E-state index contributed by atoms with van der Waals surface area (Å²) in [5.74, 6) is 0.713. The first-order valence-corrected chi connectivity index (χ1v) is 9.74. The fourth-order valence-electron chi connectivity index (χ4n) is 3.21. The molecule has 0 aliphatic heterocycles. The van der Waals surface area contributed by atoms with Gasteiger partial charge in [0.25, 0.3) is 0 Å².